The molecule has 100 valence electrons. The summed E-state index contributed by atoms with van der Waals surface area (Å²) in [5.41, 5.74) is 0. The Hall–Kier alpha value is -0.570. The standard InChI is InChI=1S/C14H27NO2/c1-4-17-14(16)11-12(2)15(3)13-9-7-5-6-8-10-13/h12-13H,4-11H2,1-3H3. The maximum Gasteiger partial charge on any atom is 0.307 e. The average molecular weight is 241 g/mol. The second-order valence-electron chi connectivity index (χ2n) is 5.17. The predicted octanol–water partition coefficient (Wildman–Crippen LogP) is 2.98. The van der Waals surface area contributed by atoms with E-state index in [4.69, 9.17) is 4.74 Å². The zero-order valence-corrected chi connectivity index (χ0v) is 11.6. The first-order chi connectivity index (χ1) is 8.15. The van der Waals surface area contributed by atoms with Gasteiger partial charge in [-0.2, -0.15) is 0 Å². The summed E-state index contributed by atoms with van der Waals surface area (Å²) in [4.78, 5) is 13.8. The van der Waals surface area contributed by atoms with Gasteiger partial charge in [-0.25, -0.2) is 0 Å². The Morgan fingerprint density at radius 3 is 2.41 bits per heavy atom. The van der Waals surface area contributed by atoms with Crippen LogP contribution in [0.15, 0.2) is 0 Å². The lowest BCUT2D eigenvalue weighted by atomic mass is 10.0. The molecule has 17 heavy (non-hydrogen) atoms. The molecule has 0 spiro atoms. The third-order valence-corrected chi connectivity index (χ3v) is 3.86. The van der Waals surface area contributed by atoms with Crippen molar-refractivity contribution in [2.24, 2.45) is 0 Å². The first-order valence-electron chi connectivity index (χ1n) is 7.02. The van der Waals surface area contributed by atoms with Crippen LogP contribution in [0.25, 0.3) is 0 Å². The third-order valence-electron chi connectivity index (χ3n) is 3.86. The Labute approximate surface area is 106 Å². The van der Waals surface area contributed by atoms with Crippen LogP contribution < -0.4 is 0 Å². The molecule has 1 rings (SSSR count). The molecule has 1 atom stereocenters. The summed E-state index contributed by atoms with van der Waals surface area (Å²) in [6.45, 7) is 4.47. The van der Waals surface area contributed by atoms with Gasteiger partial charge in [-0.3, -0.25) is 4.79 Å². The van der Waals surface area contributed by atoms with E-state index < -0.39 is 0 Å². The van der Waals surface area contributed by atoms with E-state index in [0.717, 1.165) is 0 Å². The summed E-state index contributed by atoms with van der Waals surface area (Å²) in [6, 6.07) is 0.944. The average Bonchev–Trinajstić information content (AvgIpc) is 2.56. The van der Waals surface area contributed by atoms with Gasteiger partial charge in [0.15, 0.2) is 0 Å². The normalized spacial score (nSPS) is 20.0. The lowest BCUT2D eigenvalue weighted by molar-refractivity contribution is -0.144. The highest BCUT2D eigenvalue weighted by atomic mass is 16.5. The number of carbonyl (C=O) groups is 1. The Morgan fingerprint density at radius 1 is 1.29 bits per heavy atom. The van der Waals surface area contributed by atoms with Crippen LogP contribution in [0.2, 0.25) is 0 Å². The minimum atomic E-state index is -0.0690. The first kappa shape index (κ1) is 14.5. The number of hydrogen-bond acceptors (Lipinski definition) is 3. The number of rotatable bonds is 5. The summed E-state index contributed by atoms with van der Waals surface area (Å²) in [5.74, 6) is -0.0690. The maximum absolute atomic E-state index is 11.5. The third kappa shape index (κ3) is 5.07. The molecule has 1 aliphatic carbocycles. The molecule has 3 nitrogen and oxygen atoms in total. The summed E-state index contributed by atoms with van der Waals surface area (Å²) in [7, 11) is 2.15. The highest BCUT2D eigenvalue weighted by Crippen LogP contribution is 2.23. The van der Waals surface area contributed by atoms with Crippen molar-refractivity contribution in [2.75, 3.05) is 13.7 Å². The van der Waals surface area contributed by atoms with Crippen molar-refractivity contribution in [3.05, 3.63) is 0 Å². The summed E-state index contributed by atoms with van der Waals surface area (Å²) >= 11 is 0. The number of hydrogen-bond donors (Lipinski definition) is 0. The fraction of sp³-hybridized carbons (Fsp3) is 0.929. The molecule has 0 aliphatic heterocycles. The molecule has 0 saturated heterocycles. The second kappa shape index (κ2) is 7.70. The summed E-state index contributed by atoms with van der Waals surface area (Å²) in [5, 5.41) is 0. The number of carbonyl (C=O) groups excluding carboxylic acids is 1. The van der Waals surface area contributed by atoms with Gasteiger partial charge in [0.1, 0.15) is 0 Å². The smallest absolute Gasteiger partial charge is 0.307 e. The van der Waals surface area contributed by atoms with Crippen molar-refractivity contribution in [1.29, 1.82) is 0 Å². The number of nitrogens with zero attached hydrogens (tertiary/aromatic N) is 1. The van der Waals surface area contributed by atoms with Crippen LogP contribution in [0.3, 0.4) is 0 Å². The molecule has 0 radical (unpaired) electrons. The van der Waals surface area contributed by atoms with Gasteiger partial charge in [-0.05, 0) is 33.7 Å². The van der Waals surface area contributed by atoms with E-state index in [9.17, 15) is 4.79 Å². The molecule has 0 aromatic carbocycles. The molecule has 0 N–H and O–H groups in total. The van der Waals surface area contributed by atoms with E-state index in [-0.39, 0.29) is 12.0 Å². The van der Waals surface area contributed by atoms with Crippen LogP contribution in [0.1, 0.15) is 58.8 Å². The van der Waals surface area contributed by atoms with E-state index in [2.05, 4.69) is 18.9 Å². The van der Waals surface area contributed by atoms with Crippen molar-refractivity contribution < 1.29 is 9.53 Å². The van der Waals surface area contributed by atoms with Gasteiger partial charge in [0.25, 0.3) is 0 Å². The fourth-order valence-corrected chi connectivity index (χ4v) is 2.63. The Balaban J connectivity index is 2.38. The molecular formula is C14H27NO2. The van der Waals surface area contributed by atoms with E-state index in [0.29, 0.717) is 19.1 Å². The van der Waals surface area contributed by atoms with E-state index >= 15 is 0 Å². The van der Waals surface area contributed by atoms with Crippen molar-refractivity contribution in [3.63, 3.8) is 0 Å². The van der Waals surface area contributed by atoms with Gasteiger partial charge in [-0.1, -0.05) is 25.7 Å². The van der Waals surface area contributed by atoms with Gasteiger partial charge >= 0.3 is 5.97 Å². The highest BCUT2D eigenvalue weighted by Gasteiger charge is 2.22. The van der Waals surface area contributed by atoms with E-state index in [1.54, 1.807) is 0 Å². The number of esters is 1. The molecule has 0 aromatic rings. The van der Waals surface area contributed by atoms with E-state index in [1.807, 2.05) is 6.92 Å². The number of ether oxygens (including phenoxy) is 1. The fourth-order valence-electron chi connectivity index (χ4n) is 2.63. The van der Waals surface area contributed by atoms with Crippen molar-refractivity contribution in [2.45, 2.75) is 70.9 Å². The predicted molar refractivity (Wildman–Crippen MR) is 70.0 cm³/mol. The van der Waals surface area contributed by atoms with Crippen molar-refractivity contribution in [3.8, 4) is 0 Å². The Bertz CT molecular complexity index is 222. The van der Waals surface area contributed by atoms with Crippen LogP contribution in [0, 0.1) is 0 Å². The maximum atomic E-state index is 11.5. The topological polar surface area (TPSA) is 29.5 Å². The van der Waals surface area contributed by atoms with Crippen LogP contribution >= 0.6 is 0 Å². The van der Waals surface area contributed by atoms with Crippen LogP contribution in [-0.4, -0.2) is 36.6 Å². The lowest BCUT2D eigenvalue weighted by Gasteiger charge is -2.32. The molecule has 1 unspecified atom stereocenters. The summed E-state index contributed by atoms with van der Waals surface area (Å²) in [6.07, 6.45) is 8.49. The lowest BCUT2D eigenvalue weighted by Crippen LogP contribution is -2.39. The molecule has 1 saturated carbocycles. The summed E-state index contributed by atoms with van der Waals surface area (Å²) < 4.78 is 5.01. The van der Waals surface area contributed by atoms with Crippen LogP contribution in [0.4, 0.5) is 0 Å². The van der Waals surface area contributed by atoms with Crippen LogP contribution in [-0.2, 0) is 9.53 Å². The quantitative estimate of drug-likeness (QED) is 0.547. The van der Waals surface area contributed by atoms with Gasteiger partial charge in [0, 0.05) is 12.1 Å². The van der Waals surface area contributed by atoms with Crippen LogP contribution in [0.5, 0.6) is 0 Å². The molecule has 1 aliphatic rings. The van der Waals surface area contributed by atoms with Crippen molar-refractivity contribution in [1.82, 2.24) is 4.90 Å². The molecule has 1 fully saturated rings. The minimum Gasteiger partial charge on any atom is -0.466 e. The largest absolute Gasteiger partial charge is 0.466 e. The van der Waals surface area contributed by atoms with Gasteiger partial charge in [0.05, 0.1) is 13.0 Å². The Morgan fingerprint density at radius 2 is 1.88 bits per heavy atom. The Kier molecular flexibility index (Phi) is 6.56. The van der Waals surface area contributed by atoms with Gasteiger partial charge < -0.3 is 9.64 Å². The molecule has 3 heteroatoms. The van der Waals surface area contributed by atoms with E-state index in [1.165, 1.54) is 38.5 Å². The van der Waals surface area contributed by atoms with Gasteiger partial charge in [0.2, 0.25) is 0 Å². The molecular weight excluding hydrogens is 214 g/mol. The minimum absolute atomic E-state index is 0.0690. The zero-order valence-electron chi connectivity index (χ0n) is 11.6. The van der Waals surface area contributed by atoms with Crippen molar-refractivity contribution >= 4 is 5.97 Å². The zero-order chi connectivity index (χ0) is 12.7. The van der Waals surface area contributed by atoms with Gasteiger partial charge in [-0.15, -0.1) is 0 Å². The molecule has 0 heterocycles. The second-order valence-corrected chi connectivity index (χ2v) is 5.17. The first-order valence-corrected chi connectivity index (χ1v) is 7.02. The molecule has 0 aromatic heterocycles. The SMILES string of the molecule is CCOC(=O)CC(C)N(C)C1CCCCCC1. The molecule has 0 bridgehead atoms. The monoisotopic (exact) mass is 241 g/mol. The molecule has 0 amide bonds. The highest BCUT2D eigenvalue weighted by molar-refractivity contribution is 5.70.